The number of hydrogen-bond acceptors (Lipinski definition) is 4. The van der Waals surface area contributed by atoms with Gasteiger partial charge in [-0.05, 0) is 47.6 Å². The first-order chi connectivity index (χ1) is 9.56. The fourth-order valence-corrected chi connectivity index (χ4v) is 3.05. The van der Waals surface area contributed by atoms with Crippen LogP contribution in [0, 0.1) is 3.57 Å². The molecular weight excluding hydrogens is 371 g/mol. The number of methoxy groups -OCH3 is 2. The Bertz CT molecular complexity index is 507. The number of halogens is 1. The first kappa shape index (κ1) is 15.4. The molecule has 1 unspecified atom stereocenters. The molecule has 1 saturated heterocycles. The van der Waals surface area contributed by atoms with Crippen molar-refractivity contribution in [2.75, 3.05) is 27.3 Å². The Kier molecular flexibility index (Phi) is 5.09. The lowest BCUT2D eigenvalue weighted by Crippen LogP contribution is -2.45. The minimum Gasteiger partial charge on any atom is -0.493 e. The van der Waals surface area contributed by atoms with Gasteiger partial charge in [-0.3, -0.25) is 4.79 Å². The highest BCUT2D eigenvalue weighted by atomic mass is 127. The Morgan fingerprint density at radius 2 is 2.00 bits per heavy atom. The van der Waals surface area contributed by atoms with Gasteiger partial charge in [-0.1, -0.05) is 0 Å². The number of nitrogens with zero attached hydrogens (tertiary/aromatic N) is 1. The van der Waals surface area contributed by atoms with Gasteiger partial charge in [0.15, 0.2) is 11.5 Å². The number of carbonyl (C=O) groups is 1. The van der Waals surface area contributed by atoms with Crippen LogP contribution in [0.3, 0.4) is 0 Å². The fourth-order valence-electron chi connectivity index (χ4n) is 2.38. The summed E-state index contributed by atoms with van der Waals surface area (Å²) in [5, 5.41) is 0. The molecule has 1 aromatic carbocycles. The second-order valence-electron chi connectivity index (χ2n) is 4.84. The van der Waals surface area contributed by atoms with E-state index in [0.29, 0.717) is 23.6 Å². The van der Waals surface area contributed by atoms with E-state index in [0.717, 1.165) is 23.0 Å². The second-order valence-corrected chi connectivity index (χ2v) is 6.00. The highest BCUT2D eigenvalue weighted by Crippen LogP contribution is 2.32. The predicted octanol–water partition coefficient (Wildman–Crippen LogP) is 1.87. The zero-order valence-corrected chi connectivity index (χ0v) is 13.8. The molecule has 1 amide bonds. The quantitative estimate of drug-likeness (QED) is 0.801. The van der Waals surface area contributed by atoms with Gasteiger partial charge in [-0.2, -0.15) is 0 Å². The summed E-state index contributed by atoms with van der Waals surface area (Å²) in [6.45, 7) is 1.38. The van der Waals surface area contributed by atoms with Crippen molar-refractivity contribution in [3.05, 3.63) is 21.3 Å². The Morgan fingerprint density at radius 3 is 2.60 bits per heavy atom. The summed E-state index contributed by atoms with van der Waals surface area (Å²) in [4.78, 5) is 14.4. The van der Waals surface area contributed by atoms with E-state index < -0.39 is 0 Å². The number of ether oxygens (including phenoxy) is 2. The zero-order chi connectivity index (χ0) is 14.7. The number of amides is 1. The number of carbonyl (C=O) groups excluding carboxylic acids is 1. The van der Waals surface area contributed by atoms with Gasteiger partial charge in [0.25, 0.3) is 5.91 Å². The third-order valence-electron chi connectivity index (χ3n) is 3.45. The van der Waals surface area contributed by atoms with Crippen LogP contribution in [0.5, 0.6) is 11.5 Å². The lowest BCUT2D eigenvalue weighted by molar-refractivity contribution is 0.0707. The predicted molar refractivity (Wildman–Crippen MR) is 85.4 cm³/mol. The standard InChI is InChI=1S/C14H19IN2O3/c1-19-12-6-10(11(15)7-13(12)20-2)14(18)17-5-3-4-9(16)8-17/h6-7,9H,3-5,8,16H2,1-2H3. The summed E-state index contributed by atoms with van der Waals surface area (Å²) in [6, 6.07) is 3.63. The van der Waals surface area contributed by atoms with Gasteiger partial charge in [0.1, 0.15) is 0 Å². The molecular formula is C14H19IN2O3. The third-order valence-corrected chi connectivity index (χ3v) is 4.34. The number of hydrogen-bond donors (Lipinski definition) is 1. The molecule has 1 atom stereocenters. The van der Waals surface area contributed by atoms with Gasteiger partial charge in [0.2, 0.25) is 0 Å². The minimum atomic E-state index is 0.00510. The van der Waals surface area contributed by atoms with E-state index in [2.05, 4.69) is 22.6 Å². The average Bonchev–Trinajstić information content (AvgIpc) is 2.46. The van der Waals surface area contributed by atoms with Crippen LogP contribution in [0.2, 0.25) is 0 Å². The SMILES string of the molecule is COc1cc(I)c(C(=O)N2CCCC(N)C2)cc1OC. The van der Waals surface area contributed by atoms with Crippen molar-refractivity contribution in [1.29, 1.82) is 0 Å². The Balaban J connectivity index is 2.29. The van der Waals surface area contributed by atoms with E-state index >= 15 is 0 Å². The molecule has 1 aliphatic rings. The molecule has 1 fully saturated rings. The molecule has 1 aromatic rings. The van der Waals surface area contributed by atoms with Crippen LogP contribution in [-0.2, 0) is 0 Å². The van der Waals surface area contributed by atoms with E-state index in [1.165, 1.54) is 0 Å². The van der Waals surface area contributed by atoms with Crippen molar-refractivity contribution in [2.24, 2.45) is 5.73 Å². The van der Waals surface area contributed by atoms with E-state index in [9.17, 15) is 4.79 Å². The second kappa shape index (κ2) is 6.62. The minimum absolute atomic E-state index is 0.00510. The average molecular weight is 390 g/mol. The molecule has 5 nitrogen and oxygen atoms in total. The van der Waals surface area contributed by atoms with Crippen LogP contribution < -0.4 is 15.2 Å². The van der Waals surface area contributed by atoms with Gasteiger partial charge in [-0.15, -0.1) is 0 Å². The first-order valence-electron chi connectivity index (χ1n) is 6.53. The van der Waals surface area contributed by atoms with Crippen LogP contribution in [0.4, 0.5) is 0 Å². The van der Waals surface area contributed by atoms with Crippen LogP contribution in [0.15, 0.2) is 12.1 Å². The molecule has 6 heteroatoms. The summed E-state index contributed by atoms with van der Waals surface area (Å²) < 4.78 is 11.4. The maximum Gasteiger partial charge on any atom is 0.255 e. The van der Waals surface area contributed by atoms with Crippen molar-refractivity contribution < 1.29 is 14.3 Å². The van der Waals surface area contributed by atoms with Crippen molar-refractivity contribution in [3.8, 4) is 11.5 Å². The lowest BCUT2D eigenvalue weighted by Gasteiger charge is -2.31. The number of piperidine rings is 1. The molecule has 2 rings (SSSR count). The number of benzene rings is 1. The summed E-state index contributed by atoms with van der Waals surface area (Å²) >= 11 is 2.14. The van der Waals surface area contributed by atoms with Crippen LogP contribution >= 0.6 is 22.6 Å². The van der Waals surface area contributed by atoms with Crippen LogP contribution in [0.1, 0.15) is 23.2 Å². The summed E-state index contributed by atoms with van der Waals surface area (Å²) in [6.07, 6.45) is 1.93. The maximum atomic E-state index is 12.6. The van der Waals surface area contributed by atoms with Crippen LogP contribution in [0.25, 0.3) is 0 Å². The molecule has 110 valence electrons. The van der Waals surface area contributed by atoms with Gasteiger partial charge in [-0.25, -0.2) is 0 Å². The van der Waals surface area contributed by atoms with Crippen molar-refractivity contribution in [3.63, 3.8) is 0 Å². The summed E-state index contributed by atoms with van der Waals surface area (Å²) in [5.41, 5.74) is 6.58. The molecule has 0 saturated carbocycles. The molecule has 20 heavy (non-hydrogen) atoms. The van der Waals surface area contributed by atoms with Gasteiger partial charge in [0, 0.05) is 22.7 Å². The smallest absolute Gasteiger partial charge is 0.255 e. The molecule has 0 radical (unpaired) electrons. The largest absolute Gasteiger partial charge is 0.493 e. The van der Waals surface area contributed by atoms with Crippen LogP contribution in [-0.4, -0.2) is 44.2 Å². The first-order valence-corrected chi connectivity index (χ1v) is 7.61. The summed E-state index contributed by atoms with van der Waals surface area (Å²) in [7, 11) is 3.15. The van der Waals surface area contributed by atoms with Crippen molar-refractivity contribution in [2.45, 2.75) is 18.9 Å². The fraction of sp³-hybridized carbons (Fsp3) is 0.500. The topological polar surface area (TPSA) is 64.8 Å². The highest BCUT2D eigenvalue weighted by molar-refractivity contribution is 14.1. The molecule has 1 aliphatic heterocycles. The molecule has 2 N–H and O–H groups in total. The molecule has 0 aliphatic carbocycles. The Labute approximate surface area is 132 Å². The lowest BCUT2D eigenvalue weighted by atomic mass is 10.1. The van der Waals surface area contributed by atoms with E-state index in [1.807, 2.05) is 11.0 Å². The van der Waals surface area contributed by atoms with E-state index in [1.54, 1.807) is 20.3 Å². The van der Waals surface area contributed by atoms with E-state index in [-0.39, 0.29) is 11.9 Å². The monoisotopic (exact) mass is 390 g/mol. The summed E-state index contributed by atoms with van der Waals surface area (Å²) in [5.74, 6) is 1.20. The number of nitrogens with two attached hydrogens (primary N) is 1. The van der Waals surface area contributed by atoms with Gasteiger partial charge >= 0.3 is 0 Å². The number of rotatable bonds is 3. The van der Waals surface area contributed by atoms with Gasteiger partial charge < -0.3 is 20.1 Å². The Morgan fingerprint density at radius 1 is 1.35 bits per heavy atom. The molecule has 0 aromatic heterocycles. The molecule has 0 bridgehead atoms. The zero-order valence-electron chi connectivity index (χ0n) is 11.7. The Hall–Kier alpha value is -1.02. The highest BCUT2D eigenvalue weighted by Gasteiger charge is 2.25. The molecule has 0 spiro atoms. The van der Waals surface area contributed by atoms with Crippen molar-refractivity contribution >= 4 is 28.5 Å². The maximum absolute atomic E-state index is 12.6. The normalized spacial score (nSPS) is 18.8. The molecule has 1 heterocycles. The van der Waals surface area contributed by atoms with Crippen molar-refractivity contribution in [1.82, 2.24) is 4.90 Å². The van der Waals surface area contributed by atoms with E-state index in [4.69, 9.17) is 15.2 Å². The number of likely N-dealkylation sites (tertiary alicyclic amines) is 1. The third kappa shape index (κ3) is 3.17. The van der Waals surface area contributed by atoms with Gasteiger partial charge in [0.05, 0.1) is 19.8 Å².